The molecule has 106 valence electrons. The van der Waals surface area contributed by atoms with Crippen molar-refractivity contribution < 1.29 is 9.53 Å². The van der Waals surface area contributed by atoms with E-state index in [1.165, 1.54) is 0 Å². The van der Waals surface area contributed by atoms with Crippen molar-refractivity contribution in [2.24, 2.45) is 0 Å². The number of ether oxygens (including phenoxy) is 1. The van der Waals surface area contributed by atoms with Gasteiger partial charge in [0.25, 0.3) is 0 Å². The van der Waals surface area contributed by atoms with Gasteiger partial charge in [-0.2, -0.15) is 0 Å². The molecule has 0 saturated carbocycles. The van der Waals surface area contributed by atoms with Gasteiger partial charge in [0.2, 0.25) is 5.91 Å². The Hall–Kier alpha value is -2.07. The number of amides is 1. The molecule has 1 aromatic heterocycles. The number of anilines is 1. The molecule has 2 rings (SSSR count). The highest BCUT2D eigenvalue weighted by molar-refractivity contribution is 5.91. The van der Waals surface area contributed by atoms with Crippen molar-refractivity contribution in [1.82, 2.24) is 4.57 Å². The molecule has 0 aliphatic carbocycles. The van der Waals surface area contributed by atoms with E-state index in [1.807, 2.05) is 74.1 Å². The number of aromatic nitrogens is 1. The molecule has 4 nitrogen and oxygen atoms in total. The van der Waals surface area contributed by atoms with Gasteiger partial charge in [-0.3, -0.25) is 4.79 Å². The normalized spacial score (nSPS) is 11.3. The molecule has 0 unspecified atom stereocenters. The fourth-order valence-corrected chi connectivity index (χ4v) is 1.73. The molecule has 0 aliphatic rings. The summed E-state index contributed by atoms with van der Waals surface area (Å²) >= 11 is 0. The topological polar surface area (TPSA) is 43.3 Å². The maximum absolute atomic E-state index is 11.8. The molecule has 0 radical (unpaired) electrons. The summed E-state index contributed by atoms with van der Waals surface area (Å²) in [7, 11) is 0. The second kappa shape index (κ2) is 5.92. The summed E-state index contributed by atoms with van der Waals surface area (Å²) in [6.07, 6.45) is 3.92. The number of hydrogen-bond acceptors (Lipinski definition) is 2. The Kier molecular flexibility index (Phi) is 4.25. The zero-order chi connectivity index (χ0) is 14.6. The van der Waals surface area contributed by atoms with Crippen molar-refractivity contribution in [3.05, 3.63) is 48.8 Å². The SMILES string of the molecule is CC(C)(C)OCC(=O)Nc1cccc(-n2cccc2)c1. The number of carbonyl (C=O) groups is 1. The zero-order valence-corrected chi connectivity index (χ0v) is 12.1. The van der Waals surface area contributed by atoms with Crippen LogP contribution in [0.25, 0.3) is 5.69 Å². The van der Waals surface area contributed by atoms with E-state index in [0.717, 1.165) is 11.4 Å². The first-order chi connectivity index (χ1) is 9.44. The van der Waals surface area contributed by atoms with E-state index in [4.69, 9.17) is 4.74 Å². The first kappa shape index (κ1) is 14.3. The molecule has 0 saturated heterocycles. The van der Waals surface area contributed by atoms with E-state index < -0.39 is 0 Å². The van der Waals surface area contributed by atoms with Crippen molar-refractivity contribution >= 4 is 11.6 Å². The summed E-state index contributed by atoms with van der Waals surface area (Å²) in [6.45, 7) is 5.82. The van der Waals surface area contributed by atoms with Gasteiger partial charge in [0.05, 0.1) is 5.60 Å². The molecule has 1 aromatic carbocycles. The molecule has 4 heteroatoms. The van der Waals surface area contributed by atoms with E-state index in [-0.39, 0.29) is 18.1 Å². The number of nitrogens with zero attached hydrogens (tertiary/aromatic N) is 1. The third kappa shape index (κ3) is 4.24. The quantitative estimate of drug-likeness (QED) is 0.928. The number of rotatable bonds is 4. The van der Waals surface area contributed by atoms with Crippen molar-refractivity contribution in [3.8, 4) is 5.69 Å². The molecule has 0 aliphatic heterocycles. The van der Waals surface area contributed by atoms with Gasteiger partial charge < -0.3 is 14.6 Å². The molecule has 20 heavy (non-hydrogen) atoms. The Labute approximate surface area is 119 Å². The predicted molar refractivity (Wildman–Crippen MR) is 80.1 cm³/mol. The summed E-state index contributed by atoms with van der Waals surface area (Å²) < 4.78 is 7.44. The van der Waals surface area contributed by atoms with Crippen LogP contribution in [-0.2, 0) is 9.53 Å². The van der Waals surface area contributed by atoms with Crippen LogP contribution in [0.2, 0.25) is 0 Å². The summed E-state index contributed by atoms with van der Waals surface area (Å²) in [6, 6.07) is 11.6. The van der Waals surface area contributed by atoms with E-state index >= 15 is 0 Å². The zero-order valence-electron chi connectivity index (χ0n) is 12.1. The van der Waals surface area contributed by atoms with Crippen LogP contribution in [0.15, 0.2) is 48.8 Å². The second-order valence-electron chi connectivity index (χ2n) is 5.59. The summed E-state index contributed by atoms with van der Waals surface area (Å²) in [4.78, 5) is 11.8. The van der Waals surface area contributed by atoms with Crippen LogP contribution >= 0.6 is 0 Å². The van der Waals surface area contributed by atoms with Gasteiger partial charge in [0, 0.05) is 23.8 Å². The van der Waals surface area contributed by atoms with Crippen molar-refractivity contribution in [1.29, 1.82) is 0 Å². The standard InChI is InChI=1S/C16H20N2O2/c1-16(2,3)20-12-15(19)17-13-7-6-8-14(11-13)18-9-4-5-10-18/h4-11H,12H2,1-3H3,(H,17,19). The molecule has 1 heterocycles. The number of carbonyl (C=O) groups excluding carboxylic acids is 1. The van der Waals surface area contributed by atoms with Crippen LogP contribution in [0, 0.1) is 0 Å². The maximum atomic E-state index is 11.8. The van der Waals surface area contributed by atoms with Crippen molar-refractivity contribution in [2.45, 2.75) is 26.4 Å². The van der Waals surface area contributed by atoms with E-state index in [1.54, 1.807) is 0 Å². The highest BCUT2D eigenvalue weighted by Crippen LogP contribution is 2.15. The fraction of sp³-hybridized carbons (Fsp3) is 0.312. The lowest BCUT2D eigenvalue weighted by Crippen LogP contribution is -2.27. The lowest BCUT2D eigenvalue weighted by molar-refractivity contribution is -0.125. The average molecular weight is 272 g/mol. The van der Waals surface area contributed by atoms with Crippen LogP contribution in [0.5, 0.6) is 0 Å². The summed E-state index contributed by atoms with van der Waals surface area (Å²) in [5.41, 5.74) is 1.45. The molecule has 2 aromatic rings. The Bertz CT molecular complexity index is 568. The molecule has 0 fully saturated rings. The van der Waals surface area contributed by atoms with Crippen molar-refractivity contribution in [2.75, 3.05) is 11.9 Å². The molecule has 1 amide bonds. The Morgan fingerprint density at radius 1 is 1.20 bits per heavy atom. The fourth-order valence-electron chi connectivity index (χ4n) is 1.73. The monoisotopic (exact) mass is 272 g/mol. The van der Waals surface area contributed by atoms with Gasteiger partial charge in [0.15, 0.2) is 0 Å². The third-order valence-corrected chi connectivity index (χ3v) is 2.67. The number of hydrogen-bond donors (Lipinski definition) is 1. The Balaban J connectivity index is 2.00. The van der Waals surface area contributed by atoms with Crippen LogP contribution in [0.3, 0.4) is 0 Å². The summed E-state index contributed by atoms with van der Waals surface area (Å²) in [5.74, 6) is -0.149. The van der Waals surface area contributed by atoms with Crippen LogP contribution in [0.4, 0.5) is 5.69 Å². The third-order valence-electron chi connectivity index (χ3n) is 2.67. The van der Waals surface area contributed by atoms with Gasteiger partial charge in [-0.05, 0) is 51.1 Å². The van der Waals surface area contributed by atoms with Crippen LogP contribution in [0.1, 0.15) is 20.8 Å². The molecular formula is C16H20N2O2. The minimum atomic E-state index is -0.315. The van der Waals surface area contributed by atoms with Gasteiger partial charge in [-0.25, -0.2) is 0 Å². The second-order valence-corrected chi connectivity index (χ2v) is 5.59. The largest absolute Gasteiger partial charge is 0.366 e. The first-order valence-electron chi connectivity index (χ1n) is 6.61. The van der Waals surface area contributed by atoms with E-state index in [0.29, 0.717) is 0 Å². The van der Waals surface area contributed by atoms with Gasteiger partial charge in [0.1, 0.15) is 6.61 Å². The molecule has 1 N–H and O–H groups in total. The molecule has 0 spiro atoms. The Morgan fingerprint density at radius 3 is 2.55 bits per heavy atom. The lowest BCUT2D eigenvalue weighted by atomic mass is 10.2. The van der Waals surface area contributed by atoms with Gasteiger partial charge in [-0.1, -0.05) is 6.07 Å². The van der Waals surface area contributed by atoms with E-state index in [9.17, 15) is 4.79 Å². The van der Waals surface area contributed by atoms with Crippen LogP contribution < -0.4 is 5.32 Å². The smallest absolute Gasteiger partial charge is 0.250 e. The Morgan fingerprint density at radius 2 is 1.90 bits per heavy atom. The summed E-state index contributed by atoms with van der Waals surface area (Å²) in [5, 5.41) is 2.84. The molecule has 0 atom stereocenters. The van der Waals surface area contributed by atoms with Gasteiger partial charge in [-0.15, -0.1) is 0 Å². The minimum absolute atomic E-state index is 0.0528. The highest BCUT2D eigenvalue weighted by atomic mass is 16.5. The molecular weight excluding hydrogens is 252 g/mol. The maximum Gasteiger partial charge on any atom is 0.250 e. The number of benzene rings is 1. The molecule has 0 bridgehead atoms. The van der Waals surface area contributed by atoms with Crippen molar-refractivity contribution in [3.63, 3.8) is 0 Å². The average Bonchev–Trinajstić information content (AvgIpc) is 2.90. The lowest BCUT2D eigenvalue weighted by Gasteiger charge is -2.19. The minimum Gasteiger partial charge on any atom is -0.366 e. The number of nitrogens with one attached hydrogen (secondary N) is 1. The highest BCUT2D eigenvalue weighted by Gasteiger charge is 2.13. The van der Waals surface area contributed by atoms with E-state index in [2.05, 4.69) is 5.32 Å². The predicted octanol–water partition coefficient (Wildman–Crippen LogP) is 3.23. The first-order valence-corrected chi connectivity index (χ1v) is 6.61. The van der Waals surface area contributed by atoms with Gasteiger partial charge >= 0.3 is 0 Å². The van der Waals surface area contributed by atoms with Crippen LogP contribution in [-0.4, -0.2) is 22.7 Å².